The zero-order valence-electron chi connectivity index (χ0n) is 14.6. The maximum Gasteiger partial charge on any atom is 0.258 e. The lowest BCUT2D eigenvalue weighted by Crippen LogP contribution is -2.15. The van der Waals surface area contributed by atoms with Gasteiger partial charge in [0.25, 0.3) is 5.91 Å². The zero-order chi connectivity index (χ0) is 18.5. The molecule has 6 heteroatoms. The van der Waals surface area contributed by atoms with Crippen molar-refractivity contribution in [2.75, 3.05) is 10.6 Å². The van der Waals surface area contributed by atoms with Crippen LogP contribution < -0.4 is 10.6 Å². The number of rotatable bonds is 5. The molecule has 132 valence electrons. The number of hydrogen-bond donors (Lipinski definition) is 2. The Balaban J connectivity index is 1.63. The molecule has 5 nitrogen and oxygen atoms in total. The van der Waals surface area contributed by atoms with Gasteiger partial charge in [0.1, 0.15) is 0 Å². The first-order chi connectivity index (χ1) is 12.5. The van der Waals surface area contributed by atoms with Crippen LogP contribution in [0.2, 0.25) is 5.02 Å². The van der Waals surface area contributed by atoms with Crippen LogP contribution >= 0.6 is 11.6 Å². The van der Waals surface area contributed by atoms with E-state index in [4.69, 9.17) is 11.6 Å². The van der Waals surface area contributed by atoms with Gasteiger partial charge in [-0.05, 0) is 42.7 Å². The minimum absolute atomic E-state index is 0.230. The van der Waals surface area contributed by atoms with E-state index < -0.39 is 0 Å². The van der Waals surface area contributed by atoms with Gasteiger partial charge in [-0.2, -0.15) is 0 Å². The molecule has 0 fully saturated rings. The second kappa shape index (κ2) is 7.97. The van der Waals surface area contributed by atoms with Crippen LogP contribution in [0.3, 0.4) is 0 Å². The van der Waals surface area contributed by atoms with Crippen molar-refractivity contribution in [3.8, 4) is 0 Å². The van der Waals surface area contributed by atoms with E-state index in [0.29, 0.717) is 23.1 Å². The third-order valence-corrected chi connectivity index (χ3v) is 4.25. The van der Waals surface area contributed by atoms with Crippen LogP contribution in [0.5, 0.6) is 0 Å². The van der Waals surface area contributed by atoms with Crippen LogP contribution in [0.15, 0.2) is 54.9 Å². The van der Waals surface area contributed by atoms with Gasteiger partial charge < -0.3 is 10.6 Å². The molecule has 0 aliphatic rings. The Kier molecular flexibility index (Phi) is 5.49. The fourth-order valence-electron chi connectivity index (χ4n) is 2.52. The standard InChI is InChI=1S/C20H19ClN4O/c1-13-4-3-5-14(2)18(13)25-19(26)16-11-23-20(24-12-16)22-10-15-6-8-17(21)9-7-15/h3-9,11-12H,10H2,1-2H3,(H,25,26)(H,22,23,24). The first-order valence-electron chi connectivity index (χ1n) is 8.21. The van der Waals surface area contributed by atoms with E-state index in [1.165, 1.54) is 12.4 Å². The van der Waals surface area contributed by atoms with Gasteiger partial charge in [0.05, 0.1) is 5.56 Å². The molecule has 0 atom stereocenters. The summed E-state index contributed by atoms with van der Waals surface area (Å²) in [6.45, 7) is 4.50. The average molecular weight is 367 g/mol. The highest BCUT2D eigenvalue weighted by Crippen LogP contribution is 2.20. The van der Waals surface area contributed by atoms with Crippen molar-refractivity contribution in [3.05, 3.63) is 82.1 Å². The van der Waals surface area contributed by atoms with Crippen LogP contribution in [0.4, 0.5) is 11.6 Å². The summed E-state index contributed by atoms with van der Waals surface area (Å²) in [5.74, 6) is 0.232. The van der Waals surface area contributed by atoms with Crippen molar-refractivity contribution in [3.63, 3.8) is 0 Å². The van der Waals surface area contributed by atoms with Crippen LogP contribution in [-0.2, 0) is 6.54 Å². The van der Waals surface area contributed by atoms with Crippen molar-refractivity contribution in [2.24, 2.45) is 0 Å². The van der Waals surface area contributed by atoms with Crippen molar-refractivity contribution >= 4 is 29.1 Å². The van der Waals surface area contributed by atoms with Gasteiger partial charge in [0, 0.05) is 29.6 Å². The van der Waals surface area contributed by atoms with E-state index in [1.807, 2.05) is 56.3 Å². The van der Waals surface area contributed by atoms with E-state index in [9.17, 15) is 4.79 Å². The smallest absolute Gasteiger partial charge is 0.258 e. The predicted octanol–water partition coefficient (Wildman–Crippen LogP) is 4.61. The number of para-hydroxylation sites is 1. The number of aryl methyl sites for hydroxylation is 2. The number of carbonyl (C=O) groups excluding carboxylic acids is 1. The summed E-state index contributed by atoms with van der Waals surface area (Å²) >= 11 is 5.87. The molecule has 0 saturated heterocycles. The summed E-state index contributed by atoms with van der Waals surface area (Å²) in [5.41, 5.74) is 4.32. The minimum atomic E-state index is -0.230. The number of hydrogen-bond acceptors (Lipinski definition) is 4. The molecule has 3 aromatic rings. The van der Waals surface area contributed by atoms with Gasteiger partial charge in [-0.1, -0.05) is 41.9 Å². The van der Waals surface area contributed by atoms with Crippen LogP contribution in [0.1, 0.15) is 27.0 Å². The third-order valence-electron chi connectivity index (χ3n) is 4.00. The molecule has 1 amide bonds. The lowest BCUT2D eigenvalue weighted by Gasteiger charge is -2.11. The molecule has 0 aliphatic heterocycles. The summed E-state index contributed by atoms with van der Waals surface area (Å²) in [4.78, 5) is 20.8. The molecule has 1 aromatic heterocycles. The van der Waals surface area contributed by atoms with E-state index >= 15 is 0 Å². The average Bonchev–Trinajstić information content (AvgIpc) is 2.65. The van der Waals surface area contributed by atoms with E-state index in [1.54, 1.807) is 0 Å². The van der Waals surface area contributed by atoms with Crippen molar-refractivity contribution < 1.29 is 4.79 Å². The van der Waals surface area contributed by atoms with Gasteiger partial charge in [0.2, 0.25) is 5.95 Å². The summed E-state index contributed by atoms with van der Waals surface area (Å²) in [7, 11) is 0. The second-order valence-corrected chi connectivity index (χ2v) is 6.43. The summed E-state index contributed by atoms with van der Waals surface area (Å²) in [6, 6.07) is 13.4. The molecule has 0 unspecified atom stereocenters. The predicted molar refractivity (Wildman–Crippen MR) is 105 cm³/mol. The Bertz CT molecular complexity index is 888. The van der Waals surface area contributed by atoms with Crippen LogP contribution in [0, 0.1) is 13.8 Å². The topological polar surface area (TPSA) is 66.9 Å². The monoisotopic (exact) mass is 366 g/mol. The SMILES string of the molecule is Cc1cccc(C)c1NC(=O)c1cnc(NCc2ccc(Cl)cc2)nc1. The molecule has 0 spiro atoms. The molecule has 0 saturated carbocycles. The molecule has 2 N–H and O–H groups in total. The maximum atomic E-state index is 12.4. The maximum absolute atomic E-state index is 12.4. The number of halogens is 1. The first-order valence-corrected chi connectivity index (χ1v) is 8.58. The molecular weight excluding hydrogens is 348 g/mol. The fraction of sp³-hybridized carbons (Fsp3) is 0.150. The van der Waals surface area contributed by atoms with Crippen LogP contribution in [0.25, 0.3) is 0 Å². The molecule has 1 heterocycles. The number of nitrogens with one attached hydrogen (secondary N) is 2. The van der Waals surface area contributed by atoms with Gasteiger partial charge in [-0.25, -0.2) is 9.97 Å². The fourth-order valence-corrected chi connectivity index (χ4v) is 2.64. The normalized spacial score (nSPS) is 10.4. The summed E-state index contributed by atoms with van der Waals surface area (Å²) < 4.78 is 0. The number of amides is 1. The van der Waals surface area contributed by atoms with Crippen molar-refractivity contribution in [1.82, 2.24) is 9.97 Å². The van der Waals surface area contributed by atoms with Crippen molar-refractivity contribution in [2.45, 2.75) is 20.4 Å². The van der Waals surface area contributed by atoms with Gasteiger partial charge in [0.15, 0.2) is 0 Å². The minimum Gasteiger partial charge on any atom is -0.350 e. The molecule has 0 radical (unpaired) electrons. The number of carbonyl (C=O) groups is 1. The number of aromatic nitrogens is 2. The molecule has 3 rings (SSSR count). The highest BCUT2D eigenvalue weighted by molar-refractivity contribution is 6.30. The Morgan fingerprint density at radius 1 is 1.00 bits per heavy atom. The first kappa shape index (κ1) is 17.9. The third kappa shape index (κ3) is 4.37. The van der Waals surface area contributed by atoms with Gasteiger partial charge in [-0.15, -0.1) is 0 Å². The molecule has 2 aromatic carbocycles. The lowest BCUT2D eigenvalue weighted by molar-refractivity contribution is 0.102. The summed E-state index contributed by atoms with van der Waals surface area (Å²) in [5, 5.41) is 6.74. The lowest BCUT2D eigenvalue weighted by atomic mass is 10.1. The van der Waals surface area contributed by atoms with Crippen LogP contribution in [-0.4, -0.2) is 15.9 Å². The van der Waals surface area contributed by atoms with E-state index in [-0.39, 0.29) is 5.91 Å². The molecular formula is C20H19ClN4O. The number of anilines is 2. The highest BCUT2D eigenvalue weighted by Gasteiger charge is 2.10. The second-order valence-electron chi connectivity index (χ2n) is 6.00. The van der Waals surface area contributed by atoms with Gasteiger partial charge in [-0.3, -0.25) is 4.79 Å². The van der Waals surface area contributed by atoms with E-state index in [0.717, 1.165) is 22.4 Å². The molecule has 0 bridgehead atoms. The zero-order valence-corrected chi connectivity index (χ0v) is 15.3. The highest BCUT2D eigenvalue weighted by atomic mass is 35.5. The van der Waals surface area contributed by atoms with Gasteiger partial charge >= 0.3 is 0 Å². The van der Waals surface area contributed by atoms with E-state index in [2.05, 4.69) is 20.6 Å². The Hall–Kier alpha value is -2.92. The number of nitrogens with zero attached hydrogens (tertiary/aromatic N) is 2. The summed E-state index contributed by atoms with van der Waals surface area (Å²) in [6.07, 6.45) is 3.03. The van der Waals surface area contributed by atoms with Crippen molar-refractivity contribution in [1.29, 1.82) is 0 Å². The Morgan fingerprint density at radius 2 is 1.62 bits per heavy atom. The molecule has 26 heavy (non-hydrogen) atoms. The Labute approximate surface area is 157 Å². The molecule has 0 aliphatic carbocycles. The number of benzene rings is 2. The Morgan fingerprint density at radius 3 is 2.23 bits per heavy atom. The quantitative estimate of drug-likeness (QED) is 0.691. The largest absolute Gasteiger partial charge is 0.350 e.